The molecule has 0 saturated heterocycles. The second-order valence-electron chi connectivity index (χ2n) is 9.18. The van der Waals surface area contributed by atoms with Crippen molar-refractivity contribution in [1.29, 1.82) is 0 Å². The van der Waals surface area contributed by atoms with Crippen molar-refractivity contribution in [2.24, 2.45) is 23.2 Å². The summed E-state index contributed by atoms with van der Waals surface area (Å²) >= 11 is 3.36. The quantitative estimate of drug-likeness (QED) is 0.665. The monoisotopic (exact) mass is 490 g/mol. The largest absolute Gasteiger partial charge is 0.487 e. The van der Waals surface area contributed by atoms with E-state index in [-0.39, 0.29) is 29.5 Å². The van der Waals surface area contributed by atoms with Gasteiger partial charge in [-0.1, -0.05) is 34.6 Å². The van der Waals surface area contributed by atoms with Gasteiger partial charge in [-0.2, -0.15) is 5.10 Å². The summed E-state index contributed by atoms with van der Waals surface area (Å²) in [6.45, 7) is 11.6. The molecule has 2 heterocycles. The lowest BCUT2D eigenvalue weighted by Gasteiger charge is -2.49. The van der Waals surface area contributed by atoms with E-state index in [0.717, 1.165) is 16.7 Å². The lowest BCUT2D eigenvalue weighted by atomic mass is 9.59. The van der Waals surface area contributed by atoms with Gasteiger partial charge in [0.2, 0.25) is 5.91 Å². The molecule has 31 heavy (non-hydrogen) atoms. The van der Waals surface area contributed by atoms with E-state index in [1.54, 1.807) is 12.4 Å². The van der Waals surface area contributed by atoms with Gasteiger partial charge in [0.1, 0.15) is 17.1 Å². The minimum absolute atomic E-state index is 0.00929. The van der Waals surface area contributed by atoms with Crippen LogP contribution in [0.1, 0.15) is 46.6 Å². The van der Waals surface area contributed by atoms with Gasteiger partial charge < -0.3 is 10.1 Å². The number of rotatable bonds is 6. The standard InChI is InChI=1S/C23H31BrN4O3/c1-14-10-18(15(2)16(3)23(14,4)5)31-19-12-27-28(22(30)21(19)24)13-20(29)26-11-17-6-8-25-9-7-17/h6-9,12,14-16,18H,10-11,13H2,1-5H3,(H,26,29)/t14-,15+,16+,18+/m0/s1. The molecule has 0 bridgehead atoms. The Morgan fingerprint density at radius 2 is 1.97 bits per heavy atom. The van der Waals surface area contributed by atoms with Crippen LogP contribution in [0.5, 0.6) is 5.75 Å². The van der Waals surface area contributed by atoms with Crippen molar-refractivity contribution in [2.75, 3.05) is 0 Å². The Bertz CT molecular complexity index is 977. The third-order valence-corrected chi connectivity index (χ3v) is 7.90. The van der Waals surface area contributed by atoms with E-state index in [1.165, 1.54) is 6.20 Å². The molecule has 168 valence electrons. The van der Waals surface area contributed by atoms with Crippen LogP contribution in [-0.4, -0.2) is 26.8 Å². The van der Waals surface area contributed by atoms with Crippen molar-refractivity contribution in [3.8, 4) is 5.75 Å². The Balaban J connectivity index is 1.66. The van der Waals surface area contributed by atoms with Crippen molar-refractivity contribution < 1.29 is 9.53 Å². The maximum Gasteiger partial charge on any atom is 0.285 e. The maximum absolute atomic E-state index is 12.7. The molecule has 2 aromatic rings. The average molecular weight is 491 g/mol. The lowest BCUT2D eigenvalue weighted by Crippen LogP contribution is -2.47. The fraction of sp³-hybridized carbons (Fsp3) is 0.565. The van der Waals surface area contributed by atoms with Crippen molar-refractivity contribution in [3.63, 3.8) is 0 Å². The molecular weight excluding hydrogens is 460 g/mol. The molecule has 0 radical (unpaired) electrons. The number of pyridine rings is 1. The van der Waals surface area contributed by atoms with E-state index in [4.69, 9.17) is 4.74 Å². The summed E-state index contributed by atoms with van der Waals surface area (Å²) in [5.41, 5.74) is 0.783. The summed E-state index contributed by atoms with van der Waals surface area (Å²) in [4.78, 5) is 28.9. The summed E-state index contributed by atoms with van der Waals surface area (Å²) in [5, 5.41) is 6.95. The first-order valence-electron chi connectivity index (χ1n) is 10.7. The summed E-state index contributed by atoms with van der Waals surface area (Å²) in [6.07, 6.45) is 5.78. The first kappa shape index (κ1) is 23.4. The molecule has 1 N–H and O–H groups in total. The Hall–Kier alpha value is -2.22. The summed E-state index contributed by atoms with van der Waals surface area (Å²) in [7, 11) is 0. The SMILES string of the molecule is C[C@@H]1[C@@H](C)C(C)(C)[C@@H](C)C[C@H]1Oc1cnn(CC(=O)NCc2ccncc2)c(=O)c1Br. The predicted molar refractivity (Wildman–Crippen MR) is 123 cm³/mol. The Morgan fingerprint density at radius 1 is 1.29 bits per heavy atom. The predicted octanol–water partition coefficient (Wildman–Crippen LogP) is 3.80. The lowest BCUT2D eigenvalue weighted by molar-refractivity contribution is -0.122. The fourth-order valence-corrected chi connectivity index (χ4v) is 4.57. The number of carbonyl (C=O) groups is 1. The van der Waals surface area contributed by atoms with Gasteiger partial charge in [0.25, 0.3) is 5.56 Å². The zero-order valence-electron chi connectivity index (χ0n) is 18.8. The molecule has 0 spiro atoms. The Kier molecular flexibility index (Phi) is 7.19. The number of aromatic nitrogens is 3. The van der Waals surface area contributed by atoms with Gasteiger partial charge in [0.05, 0.1) is 6.20 Å². The molecule has 0 aromatic carbocycles. The van der Waals surface area contributed by atoms with E-state index in [0.29, 0.717) is 34.5 Å². The number of carbonyl (C=O) groups excluding carboxylic acids is 1. The topological polar surface area (TPSA) is 86.1 Å². The average Bonchev–Trinajstić information content (AvgIpc) is 2.75. The molecule has 4 atom stereocenters. The number of nitrogens with one attached hydrogen (secondary N) is 1. The Morgan fingerprint density at radius 3 is 2.65 bits per heavy atom. The molecule has 3 rings (SSSR count). The zero-order chi connectivity index (χ0) is 22.8. The third-order valence-electron chi connectivity index (χ3n) is 7.17. The van der Waals surface area contributed by atoms with Crippen molar-refractivity contribution in [3.05, 3.63) is 51.1 Å². The summed E-state index contributed by atoms with van der Waals surface area (Å²) in [5.74, 6) is 1.46. The smallest absolute Gasteiger partial charge is 0.285 e. The van der Waals surface area contributed by atoms with Crippen LogP contribution in [0.4, 0.5) is 0 Å². The normalized spacial score (nSPS) is 25.1. The minimum Gasteiger partial charge on any atom is -0.487 e. The number of hydrogen-bond acceptors (Lipinski definition) is 5. The van der Waals surface area contributed by atoms with Crippen molar-refractivity contribution in [2.45, 2.75) is 60.2 Å². The first-order valence-corrected chi connectivity index (χ1v) is 11.5. The number of ether oxygens (including phenoxy) is 1. The second kappa shape index (κ2) is 9.51. The fourth-order valence-electron chi connectivity index (χ4n) is 4.17. The van der Waals surface area contributed by atoms with Gasteiger partial charge in [0.15, 0.2) is 5.75 Å². The van der Waals surface area contributed by atoms with Crippen molar-refractivity contribution >= 4 is 21.8 Å². The van der Waals surface area contributed by atoms with Gasteiger partial charge in [-0.05, 0) is 63.2 Å². The van der Waals surface area contributed by atoms with Crippen LogP contribution in [0.2, 0.25) is 0 Å². The molecule has 0 unspecified atom stereocenters. The van der Waals surface area contributed by atoms with Crippen LogP contribution >= 0.6 is 15.9 Å². The number of amides is 1. The highest BCUT2D eigenvalue weighted by molar-refractivity contribution is 9.10. The zero-order valence-corrected chi connectivity index (χ0v) is 20.3. The van der Waals surface area contributed by atoms with Crippen LogP contribution < -0.4 is 15.6 Å². The van der Waals surface area contributed by atoms with Crippen LogP contribution in [0, 0.1) is 23.2 Å². The van der Waals surface area contributed by atoms with Gasteiger partial charge in [0, 0.05) is 18.9 Å². The molecule has 1 amide bonds. The molecule has 1 aliphatic carbocycles. The van der Waals surface area contributed by atoms with Crippen LogP contribution in [0.25, 0.3) is 0 Å². The molecule has 1 saturated carbocycles. The highest BCUT2D eigenvalue weighted by Gasteiger charge is 2.44. The van der Waals surface area contributed by atoms with E-state index in [1.807, 2.05) is 12.1 Å². The molecule has 1 fully saturated rings. The van der Waals surface area contributed by atoms with E-state index < -0.39 is 0 Å². The molecule has 0 aliphatic heterocycles. The van der Waals surface area contributed by atoms with Gasteiger partial charge >= 0.3 is 0 Å². The van der Waals surface area contributed by atoms with Crippen LogP contribution in [0.3, 0.4) is 0 Å². The highest BCUT2D eigenvalue weighted by Crippen LogP contribution is 2.48. The van der Waals surface area contributed by atoms with Crippen LogP contribution in [-0.2, 0) is 17.9 Å². The van der Waals surface area contributed by atoms with E-state index >= 15 is 0 Å². The number of nitrogens with zero attached hydrogens (tertiary/aromatic N) is 3. The molecule has 8 heteroatoms. The number of hydrogen-bond donors (Lipinski definition) is 1. The number of halogens is 1. The van der Waals surface area contributed by atoms with Gasteiger partial charge in [-0.15, -0.1) is 0 Å². The maximum atomic E-state index is 12.7. The Labute approximate surface area is 191 Å². The highest BCUT2D eigenvalue weighted by atomic mass is 79.9. The van der Waals surface area contributed by atoms with E-state index in [9.17, 15) is 9.59 Å². The van der Waals surface area contributed by atoms with Crippen molar-refractivity contribution in [1.82, 2.24) is 20.1 Å². The third kappa shape index (κ3) is 5.17. The molecule has 2 aromatic heterocycles. The van der Waals surface area contributed by atoms with Crippen LogP contribution in [0.15, 0.2) is 40.0 Å². The summed E-state index contributed by atoms with van der Waals surface area (Å²) in [6, 6.07) is 3.64. The molecule has 1 aliphatic rings. The first-order chi connectivity index (χ1) is 14.6. The molecule has 7 nitrogen and oxygen atoms in total. The second-order valence-corrected chi connectivity index (χ2v) is 9.97. The minimum atomic E-state index is -0.388. The molecular formula is C23H31BrN4O3. The van der Waals surface area contributed by atoms with Gasteiger partial charge in [-0.25, -0.2) is 4.68 Å². The van der Waals surface area contributed by atoms with Gasteiger partial charge in [-0.3, -0.25) is 14.6 Å². The van der Waals surface area contributed by atoms with E-state index in [2.05, 4.69) is 65.9 Å². The summed E-state index contributed by atoms with van der Waals surface area (Å²) < 4.78 is 7.68.